The molecule has 3 aromatic rings. The molecule has 0 bridgehead atoms. The molecule has 2 aromatic heterocycles. The van der Waals surface area contributed by atoms with E-state index in [1.165, 1.54) is 22.6 Å². The summed E-state index contributed by atoms with van der Waals surface area (Å²) < 4.78 is 18.6. The lowest BCUT2D eigenvalue weighted by Crippen LogP contribution is -2.43. The lowest BCUT2D eigenvalue weighted by Gasteiger charge is -2.43. The maximum absolute atomic E-state index is 13.6. The number of ether oxygens (including phenoxy) is 1. The second-order valence-electron chi connectivity index (χ2n) is 9.17. The Kier molecular flexibility index (Phi) is 6.77. The fourth-order valence-electron chi connectivity index (χ4n) is 5.54. The number of allylic oxidation sites excluding steroid dienone is 1. The molecule has 0 saturated heterocycles. The van der Waals surface area contributed by atoms with Crippen molar-refractivity contribution in [3.8, 4) is 11.1 Å². The van der Waals surface area contributed by atoms with Crippen LogP contribution in [-0.2, 0) is 11.2 Å². The van der Waals surface area contributed by atoms with E-state index in [2.05, 4.69) is 33.9 Å². The number of nitrogens with zero attached hydrogens (tertiary/aromatic N) is 1. The van der Waals surface area contributed by atoms with Crippen LogP contribution in [0.1, 0.15) is 48.2 Å². The Morgan fingerprint density at radius 2 is 2.15 bits per heavy atom. The fourth-order valence-corrected chi connectivity index (χ4v) is 6.57. The molecular formula is C28H29FN2O2S. The second-order valence-corrected chi connectivity index (χ2v) is 10.2. The first-order valence-electron chi connectivity index (χ1n) is 12.0. The Bertz CT molecular complexity index is 1170. The van der Waals surface area contributed by atoms with Gasteiger partial charge in [-0.3, -0.25) is 4.98 Å². The largest absolute Gasteiger partial charge is 0.450 e. The number of carbonyl (C=O) groups is 1. The van der Waals surface area contributed by atoms with E-state index in [0.29, 0.717) is 24.4 Å². The number of aromatic nitrogens is 1. The number of pyridine rings is 1. The van der Waals surface area contributed by atoms with E-state index in [4.69, 9.17) is 4.74 Å². The number of carbonyl (C=O) groups excluding carboxylic acids is 1. The molecule has 0 aliphatic heterocycles. The van der Waals surface area contributed by atoms with Crippen molar-refractivity contribution < 1.29 is 13.9 Å². The quantitative estimate of drug-likeness (QED) is 0.439. The molecule has 1 N–H and O–H groups in total. The SMILES string of the molecule is CCOC(=O)N[C@H]1CC[C@@H]2[C@H](Cc3sccc3[C@H]2/C=C/c2ccc(-c3cccc(F)c3)cn2)C1. The zero-order chi connectivity index (χ0) is 23.5. The monoisotopic (exact) mass is 476 g/mol. The summed E-state index contributed by atoms with van der Waals surface area (Å²) >= 11 is 1.84. The highest BCUT2D eigenvalue weighted by Gasteiger charge is 2.40. The Labute approximate surface area is 203 Å². The summed E-state index contributed by atoms with van der Waals surface area (Å²) in [4.78, 5) is 18.0. The molecule has 1 amide bonds. The molecule has 4 atom stereocenters. The summed E-state index contributed by atoms with van der Waals surface area (Å²) in [5, 5.41) is 5.25. The van der Waals surface area contributed by atoms with Crippen molar-refractivity contribution in [3.63, 3.8) is 0 Å². The van der Waals surface area contributed by atoms with E-state index in [9.17, 15) is 9.18 Å². The third kappa shape index (κ3) is 4.92. The van der Waals surface area contributed by atoms with Crippen LogP contribution in [0, 0.1) is 17.7 Å². The number of fused-ring (bicyclic) bond motifs is 2. The van der Waals surface area contributed by atoms with Gasteiger partial charge in [0.15, 0.2) is 0 Å². The number of hydrogen-bond acceptors (Lipinski definition) is 4. The summed E-state index contributed by atoms with van der Waals surface area (Å²) in [6.07, 6.45) is 10.1. The maximum Gasteiger partial charge on any atom is 0.407 e. The van der Waals surface area contributed by atoms with E-state index >= 15 is 0 Å². The van der Waals surface area contributed by atoms with Gasteiger partial charge in [-0.2, -0.15) is 0 Å². The van der Waals surface area contributed by atoms with Crippen LogP contribution in [0.2, 0.25) is 0 Å². The molecule has 4 nitrogen and oxygen atoms in total. The predicted molar refractivity (Wildman–Crippen MR) is 134 cm³/mol. The van der Waals surface area contributed by atoms with Gasteiger partial charge in [-0.1, -0.05) is 24.3 Å². The van der Waals surface area contributed by atoms with Crippen molar-refractivity contribution in [2.75, 3.05) is 6.61 Å². The van der Waals surface area contributed by atoms with Crippen LogP contribution in [0.4, 0.5) is 9.18 Å². The maximum atomic E-state index is 13.6. The molecule has 1 saturated carbocycles. The number of halogens is 1. The number of alkyl carbamates (subject to hydrolysis) is 1. The molecule has 2 heterocycles. The highest BCUT2D eigenvalue weighted by molar-refractivity contribution is 7.10. The molecule has 34 heavy (non-hydrogen) atoms. The minimum atomic E-state index is -0.303. The Morgan fingerprint density at radius 1 is 1.24 bits per heavy atom. The van der Waals surface area contributed by atoms with E-state index in [-0.39, 0.29) is 18.0 Å². The van der Waals surface area contributed by atoms with Crippen LogP contribution < -0.4 is 5.32 Å². The molecule has 5 rings (SSSR count). The predicted octanol–water partition coefficient (Wildman–Crippen LogP) is 6.83. The van der Waals surface area contributed by atoms with E-state index < -0.39 is 0 Å². The van der Waals surface area contributed by atoms with Gasteiger partial charge in [-0.15, -0.1) is 11.3 Å². The topological polar surface area (TPSA) is 51.2 Å². The van der Waals surface area contributed by atoms with Crippen molar-refractivity contribution >= 4 is 23.5 Å². The standard InChI is InChI=1S/C28H29FN2O2S/c1-2-33-28(32)31-23-9-10-24-20(15-23)16-27-26(12-13-34-27)25(24)11-8-22-7-6-19(17-30-22)18-4-3-5-21(29)14-18/h3-8,11-14,17,20,23-25H,2,9-10,15-16H2,1H3,(H,31,32)/b11-8+/t20-,23-,24+,25-/m0/s1. The van der Waals surface area contributed by atoms with Gasteiger partial charge < -0.3 is 10.1 Å². The van der Waals surface area contributed by atoms with Crippen molar-refractivity contribution in [2.45, 2.75) is 44.6 Å². The first kappa shape index (κ1) is 22.8. The molecule has 6 heteroatoms. The molecule has 1 fully saturated rings. The first-order chi connectivity index (χ1) is 16.6. The minimum Gasteiger partial charge on any atom is -0.450 e. The van der Waals surface area contributed by atoms with Gasteiger partial charge in [0.1, 0.15) is 5.82 Å². The molecular weight excluding hydrogens is 447 g/mol. The molecule has 0 radical (unpaired) electrons. The minimum absolute atomic E-state index is 0.184. The van der Waals surface area contributed by atoms with Gasteiger partial charge in [0.05, 0.1) is 12.3 Å². The Balaban J connectivity index is 1.32. The third-order valence-electron chi connectivity index (χ3n) is 7.11. The number of amides is 1. The average Bonchev–Trinajstić information content (AvgIpc) is 3.30. The van der Waals surface area contributed by atoms with Gasteiger partial charge in [0, 0.05) is 28.6 Å². The number of benzene rings is 1. The van der Waals surface area contributed by atoms with Crippen LogP contribution in [0.15, 0.2) is 60.1 Å². The normalized spacial score (nSPS) is 23.8. The molecule has 0 unspecified atom stereocenters. The van der Waals surface area contributed by atoms with Crippen LogP contribution >= 0.6 is 11.3 Å². The summed E-state index contributed by atoms with van der Waals surface area (Å²) in [5.74, 6) is 1.22. The van der Waals surface area contributed by atoms with Crippen LogP contribution in [0.25, 0.3) is 17.2 Å². The van der Waals surface area contributed by atoms with Crippen molar-refractivity contribution in [1.82, 2.24) is 10.3 Å². The number of hydrogen-bond donors (Lipinski definition) is 1. The summed E-state index contributed by atoms with van der Waals surface area (Å²) in [5.41, 5.74) is 4.07. The number of nitrogens with one attached hydrogen (secondary N) is 1. The molecule has 2 aliphatic carbocycles. The van der Waals surface area contributed by atoms with Gasteiger partial charge in [0.25, 0.3) is 0 Å². The van der Waals surface area contributed by atoms with Crippen molar-refractivity contribution in [2.24, 2.45) is 11.8 Å². The second kappa shape index (κ2) is 10.1. The van der Waals surface area contributed by atoms with Crippen LogP contribution in [0.5, 0.6) is 0 Å². The van der Waals surface area contributed by atoms with Gasteiger partial charge in [-0.25, -0.2) is 9.18 Å². The zero-order valence-electron chi connectivity index (χ0n) is 19.2. The highest BCUT2D eigenvalue weighted by Crippen LogP contribution is 2.49. The average molecular weight is 477 g/mol. The third-order valence-corrected chi connectivity index (χ3v) is 8.06. The van der Waals surface area contributed by atoms with Crippen LogP contribution in [-0.4, -0.2) is 23.7 Å². The smallest absolute Gasteiger partial charge is 0.407 e. The molecule has 176 valence electrons. The van der Waals surface area contributed by atoms with Crippen molar-refractivity contribution in [3.05, 3.63) is 82.1 Å². The van der Waals surface area contributed by atoms with Gasteiger partial charge >= 0.3 is 6.09 Å². The number of rotatable bonds is 5. The Hall–Kier alpha value is -2.99. The lowest BCUT2D eigenvalue weighted by atomic mass is 9.64. The molecule has 1 aromatic carbocycles. The summed E-state index contributed by atoms with van der Waals surface area (Å²) in [6.45, 7) is 2.23. The van der Waals surface area contributed by atoms with Crippen molar-refractivity contribution in [1.29, 1.82) is 0 Å². The molecule has 0 spiro atoms. The zero-order valence-corrected chi connectivity index (χ0v) is 20.1. The van der Waals surface area contributed by atoms with E-state index in [1.54, 1.807) is 12.3 Å². The lowest BCUT2D eigenvalue weighted by molar-refractivity contribution is 0.129. The molecule has 2 aliphatic rings. The summed E-state index contributed by atoms with van der Waals surface area (Å²) in [6, 6.07) is 13.0. The fraction of sp³-hybridized carbons (Fsp3) is 0.357. The van der Waals surface area contributed by atoms with E-state index in [0.717, 1.165) is 42.5 Å². The van der Waals surface area contributed by atoms with Gasteiger partial charge in [0.2, 0.25) is 0 Å². The Morgan fingerprint density at radius 3 is 2.94 bits per heavy atom. The highest BCUT2D eigenvalue weighted by atomic mass is 32.1. The van der Waals surface area contributed by atoms with Gasteiger partial charge in [-0.05, 0) is 91.3 Å². The first-order valence-corrected chi connectivity index (χ1v) is 12.9. The summed E-state index contributed by atoms with van der Waals surface area (Å²) in [7, 11) is 0. The van der Waals surface area contributed by atoms with E-state index in [1.807, 2.05) is 36.5 Å². The van der Waals surface area contributed by atoms with Crippen LogP contribution in [0.3, 0.4) is 0 Å². The number of thiophene rings is 1.